The standard InChI is InChI=1S/C21H22N6O7S2/c1-33-26-13(12-6-35-20(23)24-12)15(28)25-14-16(29)27-7-21(19(31)32,9-36-17(14)27)8-34-18(30)10-2-4-11(22)5-3-10/h2-6,14,17H,7-9,22H2,1H3,(H2,23,24)(H,25,28)(H,31,32)/t14?,17-,21?/m1/s1. The molecule has 2 aliphatic heterocycles. The van der Waals surface area contributed by atoms with Crippen molar-refractivity contribution in [1.82, 2.24) is 15.2 Å². The van der Waals surface area contributed by atoms with Gasteiger partial charge in [-0.25, -0.2) is 9.78 Å². The fourth-order valence-electron chi connectivity index (χ4n) is 3.71. The van der Waals surface area contributed by atoms with Gasteiger partial charge in [0.15, 0.2) is 10.8 Å². The Morgan fingerprint density at radius 2 is 2.03 bits per heavy atom. The van der Waals surface area contributed by atoms with E-state index in [0.717, 1.165) is 11.3 Å². The molecule has 2 saturated heterocycles. The van der Waals surface area contributed by atoms with Gasteiger partial charge in [0.05, 0.1) is 5.56 Å². The maximum atomic E-state index is 12.8. The molecule has 1 aromatic heterocycles. The van der Waals surface area contributed by atoms with Crippen molar-refractivity contribution >= 4 is 63.4 Å². The number of nitrogens with zero attached hydrogens (tertiary/aromatic N) is 3. The molecular weight excluding hydrogens is 512 g/mol. The molecule has 0 bridgehead atoms. The van der Waals surface area contributed by atoms with Gasteiger partial charge in [0.25, 0.3) is 5.91 Å². The Morgan fingerprint density at radius 3 is 2.64 bits per heavy atom. The Hall–Kier alpha value is -3.85. The van der Waals surface area contributed by atoms with Crippen LogP contribution in [0.1, 0.15) is 16.1 Å². The normalized spacial score (nSPS) is 23.3. The third-order valence-electron chi connectivity index (χ3n) is 5.67. The average Bonchev–Trinajstić information content (AvgIpc) is 3.29. The summed E-state index contributed by atoms with van der Waals surface area (Å²) in [5.41, 5.74) is 10.5. The van der Waals surface area contributed by atoms with Crippen LogP contribution in [0.25, 0.3) is 0 Å². The van der Waals surface area contributed by atoms with Gasteiger partial charge in [0, 0.05) is 23.4 Å². The number of rotatable bonds is 8. The summed E-state index contributed by atoms with van der Waals surface area (Å²) in [4.78, 5) is 60.3. The van der Waals surface area contributed by atoms with Gasteiger partial charge in [-0.15, -0.1) is 23.1 Å². The van der Waals surface area contributed by atoms with Crippen molar-refractivity contribution in [3.05, 3.63) is 40.9 Å². The number of nitrogens with two attached hydrogens (primary N) is 2. The van der Waals surface area contributed by atoms with Crippen molar-refractivity contribution in [2.75, 3.05) is 37.5 Å². The predicted octanol–water partition coefficient (Wildman–Crippen LogP) is -0.0141. The summed E-state index contributed by atoms with van der Waals surface area (Å²) < 4.78 is 5.29. The zero-order chi connectivity index (χ0) is 26.0. The second-order valence-corrected chi connectivity index (χ2v) is 10.1. The molecule has 0 aliphatic carbocycles. The van der Waals surface area contributed by atoms with Crippen LogP contribution in [0, 0.1) is 5.41 Å². The summed E-state index contributed by atoms with van der Waals surface area (Å²) in [6, 6.07) is 5.12. The molecule has 2 amide bonds. The lowest BCUT2D eigenvalue weighted by Crippen LogP contribution is -2.74. The molecule has 2 aromatic rings. The molecule has 0 radical (unpaired) electrons. The van der Waals surface area contributed by atoms with Crippen LogP contribution >= 0.6 is 23.1 Å². The molecular formula is C21H22N6O7S2. The van der Waals surface area contributed by atoms with Gasteiger partial charge in [-0.2, -0.15) is 0 Å². The van der Waals surface area contributed by atoms with Gasteiger partial charge in [-0.05, 0) is 24.3 Å². The van der Waals surface area contributed by atoms with E-state index in [1.165, 1.54) is 53.4 Å². The van der Waals surface area contributed by atoms with Crippen LogP contribution in [0.3, 0.4) is 0 Å². The number of benzene rings is 1. The minimum Gasteiger partial charge on any atom is -0.481 e. The Morgan fingerprint density at radius 1 is 1.31 bits per heavy atom. The van der Waals surface area contributed by atoms with E-state index in [2.05, 4.69) is 15.5 Å². The number of oxime groups is 1. The smallest absolute Gasteiger partial charge is 0.338 e. The number of aliphatic carboxylic acids is 1. The number of esters is 1. The van der Waals surface area contributed by atoms with Crippen LogP contribution in [0.4, 0.5) is 10.8 Å². The Kier molecular flexibility index (Phi) is 7.03. The van der Waals surface area contributed by atoms with Crippen LogP contribution < -0.4 is 16.8 Å². The minimum absolute atomic E-state index is 0.0554. The quantitative estimate of drug-likeness (QED) is 0.117. The Balaban J connectivity index is 1.41. The van der Waals surface area contributed by atoms with Crippen molar-refractivity contribution in [3.8, 4) is 0 Å². The number of carboxylic acid groups (broad SMARTS) is 1. The van der Waals surface area contributed by atoms with Crippen molar-refractivity contribution in [2.24, 2.45) is 10.6 Å². The fourth-order valence-corrected chi connectivity index (χ4v) is 5.78. The molecule has 1 aromatic carbocycles. The lowest BCUT2D eigenvalue weighted by atomic mass is 9.88. The summed E-state index contributed by atoms with van der Waals surface area (Å²) in [5.74, 6) is -3.00. The highest BCUT2D eigenvalue weighted by Gasteiger charge is 2.58. The maximum Gasteiger partial charge on any atom is 0.338 e. The van der Waals surface area contributed by atoms with E-state index < -0.39 is 47.2 Å². The third-order valence-corrected chi connectivity index (χ3v) is 7.93. The van der Waals surface area contributed by atoms with E-state index in [1.807, 2.05) is 0 Å². The fraction of sp³-hybridized carbons (Fsp3) is 0.333. The van der Waals surface area contributed by atoms with E-state index in [1.54, 1.807) is 0 Å². The van der Waals surface area contributed by atoms with Crippen molar-refractivity contribution in [1.29, 1.82) is 0 Å². The first kappa shape index (κ1) is 25.2. The number of thiazole rings is 1. The Labute approximate surface area is 212 Å². The first-order valence-corrected chi connectivity index (χ1v) is 12.4. The summed E-state index contributed by atoms with van der Waals surface area (Å²) in [7, 11) is 1.27. The molecule has 36 heavy (non-hydrogen) atoms. The molecule has 190 valence electrons. The number of nitrogen functional groups attached to an aromatic ring is 2. The maximum absolute atomic E-state index is 12.8. The highest BCUT2D eigenvalue weighted by Crippen LogP contribution is 2.42. The molecule has 13 nitrogen and oxygen atoms in total. The number of β-lactam (4-membered cyclic amide) rings is 1. The monoisotopic (exact) mass is 534 g/mol. The third kappa shape index (κ3) is 4.79. The number of ether oxygens (including phenoxy) is 1. The van der Waals surface area contributed by atoms with E-state index >= 15 is 0 Å². The lowest BCUT2D eigenvalue weighted by molar-refractivity contribution is -0.160. The first-order chi connectivity index (χ1) is 17.1. The number of thioether (sulfide) groups is 1. The van der Waals surface area contributed by atoms with Crippen molar-refractivity contribution in [3.63, 3.8) is 0 Å². The minimum atomic E-state index is -1.50. The number of fused-ring (bicyclic) bond motifs is 1. The van der Waals surface area contributed by atoms with Crippen molar-refractivity contribution < 1.29 is 33.9 Å². The summed E-state index contributed by atoms with van der Waals surface area (Å²) in [6.07, 6.45) is 0. The number of carbonyl (C=O) groups excluding carboxylic acids is 3. The number of nitrogens with one attached hydrogen (secondary N) is 1. The second kappa shape index (κ2) is 10.0. The summed E-state index contributed by atoms with van der Waals surface area (Å²) in [5, 5.41) is 17.5. The van der Waals surface area contributed by atoms with Crippen LogP contribution in [0.5, 0.6) is 0 Å². The van der Waals surface area contributed by atoms with E-state index in [4.69, 9.17) is 21.0 Å². The second-order valence-electron chi connectivity index (χ2n) is 8.10. The summed E-state index contributed by atoms with van der Waals surface area (Å²) in [6.45, 7) is -0.607. The molecule has 2 aliphatic rings. The van der Waals surface area contributed by atoms with Gasteiger partial charge in [0.1, 0.15) is 36.2 Å². The molecule has 4 rings (SSSR count). The average molecular weight is 535 g/mol. The molecule has 3 atom stereocenters. The van der Waals surface area contributed by atoms with Crippen LogP contribution in [-0.4, -0.2) is 81.9 Å². The molecule has 6 N–H and O–H groups in total. The number of carboxylic acids is 1. The van der Waals surface area contributed by atoms with Crippen LogP contribution in [-0.2, 0) is 24.0 Å². The highest BCUT2D eigenvalue weighted by atomic mass is 32.2. The van der Waals surface area contributed by atoms with Gasteiger partial charge >= 0.3 is 11.9 Å². The number of anilines is 2. The number of hydrogen-bond donors (Lipinski definition) is 4. The highest BCUT2D eigenvalue weighted by molar-refractivity contribution is 8.00. The lowest BCUT2D eigenvalue weighted by Gasteiger charge is -2.53. The van der Waals surface area contributed by atoms with Gasteiger partial charge in [0.2, 0.25) is 5.91 Å². The van der Waals surface area contributed by atoms with Crippen LogP contribution in [0.2, 0.25) is 0 Å². The number of hydrogen-bond acceptors (Lipinski definition) is 12. The van der Waals surface area contributed by atoms with E-state index in [0.29, 0.717) is 5.69 Å². The molecule has 0 spiro atoms. The zero-order valence-electron chi connectivity index (χ0n) is 18.9. The predicted molar refractivity (Wildman–Crippen MR) is 131 cm³/mol. The number of carbonyl (C=O) groups is 4. The van der Waals surface area contributed by atoms with Crippen LogP contribution in [0.15, 0.2) is 34.8 Å². The number of aromatic nitrogens is 1. The van der Waals surface area contributed by atoms with Gasteiger partial charge < -0.3 is 36.4 Å². The van der Waals surface area contributed by atoms with Gasteiger partial charge in [-0.1, -0.05) is 5.16 Å². The molecule has 2 fully saturated rings. The first-order valence-electron chi connectivity index (χ1n) is 10.5. The van der Waals surface area contributed by atoms with E-state index in [-0.39, 0.29) is 34.4 Å². The SMILES string of the molecule is CON=C(C(=O)NC1C(=O)N2CC(COC(=O)c3ccc(N)cc3)(C(=O)O)CS[C@H]12)c1csc(N)n1. The molecule has 2 unspecified atom stereocenters. The molecule has 3 heterocycles. The summed E-state index contributed by atoms with van der Waals surface area (Å²) >= 11 is 2.29. The topological polar surface area (TPSA) is 200 Å². The van der Waals surface area contributed by atoms with E-state index in [9.17, 15) is 24.3 Å². The molecule has 0 saturated carbocycles. The zero-order valence-corrected chi connectivity index (χ0v) is 20.5. The van der Waals surface area contributed by atoms with Crippen molar-refractivity contribution in [2.45, 2.75) is 11.4 Å². The number of amides is 2. The Bertz CT molecular complexity index is 1230. The largest absolute Gasteiger partial charge is 0.481 e. The molecule has 15 heteroatoms. The van der Waals surface area contributed by atoms with Gasteiger partial charge in [-0.3, -0.25) is 14.4 Å².